The Bertz CT molecular complexity index is 991. The summed E-state index contributed by atoms with van der Waals surface area (Å²) in [6.45, 7) is 5.82. The Labute approximate surface area is 166 Å². The van der Waals surface area contributed by atoms with Gasteiger partial charge in [-0.05, 0) is 48.2 Å². The number of ether oxygens (including phenoxy) is 1. The lowest BCUT2D eigenvalue weighted by atomic mass is 10.0. The van der Waals surface area contributed by atoms with Crippen LogP contribution >= 0.6 is 0 Å². The molecule has 2 rings (SSSR count). The zero-order chi connectivity index (χ0) is 21.8. The summed E-state index contributed by atoms with van der Waals surface area (Å²) in [4.78, 5) is 0. The molecule has 2 aromatic carbocycles. The lowest BCUT2D eigenvalue weighted by Gasteiger charge is -2.18. The van der Waals surface area contributed by atoms with Crippen LogP contribution < -0.4 is 15.9 Å². The summed E-state index contributed by atoms with van der Waals surface area (Å²) in [5.41, 5.74) is 7.88. The maximum Gasteiger partial charge on any atom is 0.416 e. The predicted octanol–water partition coefficient (Wildman–Crippen LogP) is 5.16. The topological polar surface area (TPSA) is 107 Å². The van der Waals surface area contributed by atoms with Gasteiger partial charge >= 0.3 is 6.18 Å². The highest BCUT2D eigenvalue weighted by Gasteiger charge is 2.31. The van der Waals surface area contributed by atoms with E-state index in [1.165, 1.54) is 6.07 Å². The van der Waals surface area contributed by atoms with Gasteiger partial charge in [0.15, 0.2) is 11.6 Å². The minimum Gasteiger partial charge on any atom is -0.455 e. The number of alkyl halides is 3. The number of hydrogen-bond donors (Lipinski definition) is 3. The SMILES string of the molecule is Cc1ccc(C(C)C)c(Oc2ccc(C(F)(F)F)cc2N/N=C(\C#N)C(=N)N)c1. The highest BCUT2D eigenvalue weighted by atomic mass is 19.4. The van der Waals surface area contributed by atoms with E-state index >= 15 is 0 Å². The summed E-state index contributed by atoms with van der Waals surface area (Å²) in [6, 6.07) is 10.1. The molecular formula is C20H20F3N5O. The molecule has 0 aromatic heterocycles. The van der Waals surface area contributed by atoms with Crippen LogP contribution in [0.2, 0.25) is 0 Å². The van der Waals surface area contributed by atoms with E-state index in [9.17, 15) is 13.2 Å². The van der Waals surface area contributed by atoms with E-state index in [1.807, 2.05) is 32.9 Å². The number of hydrazone groups is 1. The summed E-state index contributed by atoms with van der Waals surface area (Å²) in [6.07, 6.45) is -4.58. The molecule has 0 unspecified atom stereocenters. The molecule has 2 aromatic rings. The smallest absolute Gasteiger partial charge is 0.416 e. The van der Waals surface area contributed by atoms with Gasteiger partial charge in [-0.15, -0.1) is 0 Å². The molecule has 0 saturated heterocycles. The number of nitrogens with zero attached hydrogens (tertiary/aromatic N) is 2. The minimum absolute atomic E-state index is 0.0788. The quantitative estimate of drug-likeness (QED) is 0.352. The van der Waals surface area contributed by atoms with Crippen LogP contribution in [-0.4, -0.2) is 11.5 Å². The maximum absolute atomic E-state index is 13.1. The van der Waals surface area contributed by atoms with Gasteiger partial charge in [-0.25, -0.2) is 0 Å². The fourth-order valence-corrected chi connectivity index (χ4v) is 2.47. The molecule has 0 atom stereocenters. The lowest BCUT2D eigenvalue weighted by Crippen LogP contribution is -2.22. The van der Waals surface area contributed by atoms with Crippen LogP contribution in [0.4, 0.5) is 18.9 Å². The van der Waals surface area contributed by atoms with Gasteiger partial charge in [-0.2, -0.15) is 23.5 Å². The van der Waals surface area contributed by atoms with Gasteiger partial charge in [0.05, 0.1) is 11.3 Å². The zero-order valence-corrected chi connectivity index (χ0v) is 16.1. The van der Waals surface area contributed by atoms with Crippen molar-refractivity contribution < 1.29 is 17.9 Å². The van der Waals surface area contributed by atoms with Crippen LogP contribution in [0.15, 0.2) is 41.5 Å². The van der Waals surface area contributed by atoms with Gasteiger partial charge in [0.1, 0.15) is 11.8 Å². The van der Waals surface area contributed by atoms with Gasteiger partial charge in [-0.3, -0.25) is 10.8 Å². The van der Waals surface area contributed by atoms with Crippen molar-refractivity contribution in [3.8, 4) is 17.6 Å². The Balaban J connectivity index is 2.53. The number of aryl methyl sites for hydroxylation is 1. The van der Waals surface area contributed by atoms with Crippen molar-refractivity contribution in [3.63, 3.8) is 0 Å². The van der Waals surface area contributed by atoms with E-state index in [0.717, 1.165) is 23.3 Å². The third kappa shape index (κ3) is 5.48. The molecule has 0 bridgehead atoms. The van der Waals surface area contributed by atoms with Crippen molar-refractivity contribution >= 4 is 17.2 Å². The molecule has 6 nitrogen and oxygen atoms in total. The van der Waals surface area contributed by atoms with Crippen molar-refractivity contribution in [2.75, 3.05) is 5.43 Å². The molecule has 152 valence electrons. The summed E-state index contributed by atoms with van der Waals surface area (Å²) in [5, 5.41) is 19.8. The third-order valence-corrected chi connectivity index (χ3v) is 3.97. The second-order valence-electron chi connectivity index (χ2n) is 6.60. The summed E-state index contributed by atoms with van der Waals surface area (Å²) >= 11 is 0. The van der Waals surface area contributed by atoms with Gasteiger partial charge < -0.3 is 10.5 Å². The Morgan fingerprint density at radius 3 is 2.45 bits per heavy atom. The molecule has 0 saturated carbocycles. The standard InChI is InChI=1S/C20H20F3N5O/c1-11(2)14-6-4-12(3)8-18(14)29-17-7-5-13(20(21,22)23)9-15(17)27-28-16(10-24)19(25)26/h4-9,11,27H,1-3H3,(H3,25,26)/b28-16+. The zero-order valence-electron chi connectivity index (χ0n) is 16.1. The highest BCUT2D eigenvalue weighted by Crippen LogP contribution is 2.39. The average Bonchev–Trinajstić information content (AvgIpc) is 2.62. The van der Waals surface area contributed by atoms with Gasteiger partial charge in [0.2, 0.25) is 5.71 Å². The molecule has 0 aliphatic carbocycles. The fraction of sp³-hybridized carbons (Fsp3) is 0.250. The highest BCUT2D eigenvalue weighted by molar-refractivity contribution is 6.45. The molecule has 0 aliphatic rings. The summed E-state index contributed by atoms with van der Waals surface area (Å²) in [5.74, 6) is 0.0848. The summed E-state index contributed by atoms with van der Waals surface area (Å²) in [7, 11) is 0. The van der Waals surface area contributed by atoms with Gasteiger partial charge in [0, 0.05) is 0 Å². The van der Waals surface area contributed by atoms with E-state index < -0.39 is 23.3 Å². The van der Waals surface area contributed by atoms with E-state index in [4.69, 9.17) is 21.1 Å². The predicted molar refractivity (Wildman–Crippen MR) is 105 cm³/mol. The van der Waals surface area contributed by atoms with Crippen molar-refractivity contribution in [2.45, 2.75) is 32.9 Å². The number of halogens is 3. The molecular weight excluding hydrogens is 383 g/mol. The first-order valence-corrected chi connectivity index (χ1v) is 8.60. The number of nitrogens with two attached hydrogens (primary N) is 1. The Morgan fingerprint density at radius 1 is 1.21 bits per heavy atom. The van der Waals surface area contributed by atoms with Crippen LogP contribution in [0.25, 0.3) is 0 Å². The van der Waals surface area contributed by atoms with E-state index in [0.29, 0.717) is 5.75 Å². The van der Waals surface area contributed by atoms with Gasteiger partial charge in [-0.1, -0.05) is 26.0 Å². The van der Waals surface area contributed by atoms with E-state index in [2.05, 4.69) is 10.5 Å². The van der Waals surface area contributed by atoms with Crippen LogP contribution in [0.1, 0.15) is 36.5 Å². The molecule has 0 spiro atoms. The number of nitriles is 1. The number of anilines is 1. The van der Waals surface area contributed by atoms with E-state index in [-0.39, 0.29) is 17.4 Å². The van der Waals surface area contributed by atoms with Crippen molar-refractivity contribution in [3.05, 3.63) is 53.1 Å². The fourth-order valence-electron chi connectivity index (χ4n) is 2.47. The molecule has 0 aliphatic heterocycles. The molecule has 0 heterocycles. The molecule has 0 radical (unpaired) electrons. The lowest BCUT2D eigenvalue weighted by molar-refractivity contribution is -0.137. The first-order chi connectivity index (χ1) is 13.5. The number of hydrogen-bond acceptors (Lipinski definition) is 5. The Kier molecular flexibility index (Phi) is 6.49. The molecule has 9 heteroatoms. The Hall–Kier alpha value is -3.54. The largest absolute Gasteiger partial charge is 0.455 e. The van der Waals surface area contributed by atoms with Crippen molar-refractivity contribution in [1.82, 2.24) is 0 Å². The maximum atomic E-state index is 13.1. The molecule has 0 amide bonds. The third-order valence-electron chi connectivity index (χ3n) is 3.97. The van der Waals surface area contributed by atoms with Crippen LogP contribution in [0.5, 0.6) is 11.5 Å². The molecule has 29 heavy (non-hydrogen) atoms. The second-order valence-corrected chi connectivity index (χ2v) is 6.60. The first-order valence-electron chi connectivity index (χ1n) is 8.60. The summed E-state index contributed by atoms with van der Waals surface area (Å²) < 4.78 is 45.3. The molecule has 0 fully saturated rings. The first kappa shape index (κ1) is 21.8. The molecule has 4 N–H and O–H groups in total. The average molecular weight is 403 g/mol. The van der Waals surface area contributed by atoms with Crippen molar-refractivity contribution in [1.29, 1.82) is 10.7 Å². The number of nitrogens with one attached hydrogen (secondary N) is 2. The van der Waals surface area contributed by atoms with Crippen LogP contribution in [0.3, 0.4) is 0 Å². The normalized spacial score (nSPS) is 11.9. The van der Waals surface area contributed by atoms with Crippen LogP contribution in [-0.2, 0) is 6.18 Å². The Morgan fingerprint density at radius 2 is 1.90 bits per heavy atom. The monoisotopic (exact) mass is 403 g/mol. The number of rotatable bonds is 6. The number of amidine groups is 1. The van der Waals surface area contributed by atoms with Crippen molar-refractivity contribution in [2.24, 2.45) is 10.8 Å². The van der Waals surface area contributed by atoms with Crippen LogP contribution in [0, 0.1) is 23.7 Å². The number of benzene rings is 2. The minimum atomic E-state index is -4.58. The second kappa shape index (κ2) is 8.65. The van der Waals surface area contributed by atoms with E-state index in [1.54, 1.807) is 12.1 Å². The van der Waals surface area contributed by atoms with Gasteiger partial charge in [0.25, 0.3) is 0 Å².